The second kappa shape index (κ2) is 14.9. The quantitative estimate of drug-likeness (QED) is 0.101. The topological polar surface area (TPSA) is 132 Å². The minimum atomic E-state index is -0.539. The van der Waals surface area contributed by atoms with Crippen LogP contribution in [-0.4, -0.2) is 46.6 Å². The third-order valence-corrected chi connectivity index (χ3v) is 8.89. The van der Waals surface area contributed by atoms with E-state index < -0.39 is 5.56 Å². The number of benzene rings is 1. The number of fused-ring (bicyclic) bond motifs is 1. The summed E-state index contributed by atoms with van der Waals surface area (Å²) in [6.07, 6.45) is 9.32. The highest BCUT2D eigenvalue weighted by Gasteiger charge is 2.19. The lowest BCUT2D eigenvalue weighted by molar-refractivity contribution is 0.324. The number of nitriles is 1. The maximum atomic E-state index is 13.1. The van der Waals surface area contributed by atoms with E-state index in [9.17, 15) is 14.9 Å². The second-order valence-corrected chi connectivity index (χ2v) is 11.9. The zero-order valence-corrected chi connectivity index (χ0v) is 26.0. The van der Waals surface area contributed by atoms with Crippen LogP contribution in [-0.2, 0) is 13.0 Å². The maximum absolute atomic E-state index is 13.1. The van der Waals surface area contributed by atoms with Crippen molar-refractivity contribution in [2.75, 3.05) is 27.1 Å². The SMILES string of the molecule is CCCCCCCc1cc2c(=O)n(CCCSc3nc(-c4cc(OC)c(OC)c(OC)c4)c(C#N)c(=O)[nH]3)cnc2s1. The lowest BCUT2D eigenvalue weighted by atomic mass is 10.1. The fourth-order valence-electron chi connectivity index (χ4n) is 4.65. The van der Waals surface area contributed by atoms with E-state index in [0.717, 1.165) is 17.7 Å². The molecule has 3 aromatic heterocycles. The average Bonchev–Trinajstić information content (AvgIpc) is 3.43. The second-order valence-electron chi connectivity index (χ2n) is 9.66. The molecule has 0 bridgehead atoms. The van der Waals surface area contributed by atoms with Gasteiger partial charge in [0, 0.05) is 22.7 Å². The van der Waals surface area contributed by atoms with Crippen molar-refractivity contribution in [3.8, 4) is 34.6 Å². The molecular weight excluding hydrogens is 574 g/mol. The highest BCUT2D eigenvalue weighted by Crippen LogP contribution is 2.41. The Morgan fingerprint density at radius 2 is 1.76 bits per heavy atom. The van der Waals surface area contributed by atoms with Crippen LogP contribution in [0.15, 0.2) is 39.3 Å². The van der Waals surface area contributed by atoms with Gasteiger partial charge < -0.3 is 19.2 Å². The Morgan fingerprint density at radius 1 is 1.02 bits per heavy atom. The number of H-pyrrole nitrogens is 1. The van der Waals surface area contributed by atoms with Crippen molar-refractivity contribution >= 4 is 33.3 Å². The Kier molecular flexibility index (Phi) is 11.0. The first kappa shape index (κ1) is 31.1. The summed E-state index contributed by atoms with van der Waals surface area (Å²) in [4.78, 5) is 39.6. The molecule has 0 atom stereocenters. The fraction of sp³-hybridized carbons (Fsp3) is 0.433. The van der Waals surface area contributed by atoms with Crippen molar-refractivity contribution in [1.29, 1.82) is 5.26 Å². The summed E-state index contributed by atoms with van der Waals surface area (Å²) in [5.41, 5.74) is 0.00971. The smallest absolute Gasteiger partial charge is 0.270 e. The number of thiophene rings is 1. The molecule has 0 radical (unpaired) electrons. The van der Waals surface area contributed by atoms with Crippen LogP contribution < -0.4 is 25.3 Å². The van der Waals surface area contributed by atoms with Crippen molar-refractivity contribution in [3.05, 3.63) is 55.7 Å². The van der Waals surface area contributed by atoms with Crippen LogP contribution >= 0.6 is 23.1 Å². The van der Waals surface area contributed by atoms with Crippen LogP contribution in [0.1, 0.15) is 55.9 Å². The molecular formula is C30H35N5O5S2. The average molecular weight is 610 g/mol. The van der Waals surface area contributed by atoms with Crippen LogP contribution in [0.5, 0.6) is 17.2 Å². The van der Waals surface area contributed by atoms with E-state index in [1.807, 2.05) is 12.1 Å². The summed E-state index contributed by atoms with van der Waals surface area (Å²) < 4.78 is 17.9. The summed E-state index contributed by atoms with van der Waals surface area (Å²) in [6, 6.07) is 7.25. The number of ether oxygens (including phenoxy) is 3. The maximum Gasteiger partial charge on any atom is 0.270 e. The molecule has 12 heteroatoms. The predicted octanol–water partition coefficient (Wildman–Crippen LogP) is 5.80. The summed E-state index contributed by atoms with van der Waals surface area (Å²) in [6.45, 7) is 2.69. The Balaban J connectivity index is 1.45. The Bertz CT molecular complexity index is 1660. The van der Waals surface area contributed by atoms with Gasteiger partial charge in [-0.15, -0.1) is 11.3 Å². The van der Waals surface area contributed by atoms with Gasteiger partial charge in [-0.2, -0.15) is 5.26 Å². The molecule has 222 valence electrons. The molecule has 42 heavy (non-hydrogen) atoms. The standard InChI is InChI=1S/C30H35N5O5S2/c1-5-6-7-8-9-11-20-16-21-28(42-20)32-18-35(29(21)37)12-10-13-41-30-33-25(22(17-31)27(36)34-30)19-14-23(38-2)26(40-4)24(15-19)39-3/h14-16,18H,5-13H2,1-4H3,(H,33,34,36). The molecule has 4 rings (SSSR count). The number of unbranched alkanes of at least 4 members (excludes halogenated alkanes) is 4. The molecule has 3 heterocycles. The van der Waals surface area contributed by atoms with Gasteiger partial charge in [0.05, 0.1) is 38.7 Å². The van der Waals surface area contributed by atoms with E-state index in [0.29, 0.717) is 52.1 Å². The van der Waals surface area contributed by atoms with E-state index in [2.05, 4.69) is 21.9 Å². The number of methoxy groups -OCH3 is 3. The largest absolute Gasteiger partial charge is 0.493 e. The molecule has 0 amide bonds. The first-order valence-electron chi connectivity index (χ1n) is 13.9. The number of rotatable bonds is 15. The van der Waals surface area contributed by atoms with Crippen molar-refractivity contribution < 1.29 is 14.2 Å². The third kappa shape index (κ3) is 7.14. The molecule has 0 saturated heterocycles. The van der Waals surface area contributed by atoms with E-state index in [4.69, 9.17) is 14.2 Å². The molecule has 0 aliphatic heterocycles. The van der Waals surface area contributed by atoms with E-state index >= 15 is 0 Å². The summed E-state index contributed by atoms with van der Waals surface area (Å²) in [5, 5.41) is 10.7. The van der Waals surface area contributed by atoms with Crippen LogP contribution in [0.4, 0.5) is 0 Å². The molecule has 0 aliphatic carbocycles. The number of hydrogen-bond donors (Lipinski definition) is 1. The first-order chi connectivity index (χ1) is 20.4. The molecule has 0 aliphatic rings. The Labute approximate surface area is 252 Å². The summed E-state index contributed by atoms with van der Waals surface area (Å²) in [5.74, 6) is 1.74. The lowest BCUT2D eigenvalue weighted by Crippen LogP contribution is -2.20. The monoisotopic (exact) mass is 609 g/mol. The highest BCUT2D eigenvalue weighted by atomic mass is 32.2. The molecule has 0 unspecified atom stereocenters. The van der Waals surface area contributed by atoms with Gasteiger partial charge in [0.2, 0.25) is 5.75 Å². The number of aromatic nitrogens is 4. The van der Waals surface area contributed by atoms with Gasteiger partial charge >= 0.3 is 0 Å². The molecule has 1 N–H and O–H groups in total. The number of hydrogen-bond acceptors (Lipinski definition) is 10. The number of thioether (sulfide) groups is 1. The predicted molar refractivity (Wildman–Crippen MR) is 166 cm³/mol. The zero-order valence-electron chi connectivity index (χ0n) is 24.3. The number of aromatic amines is 1. The Morgan fingerprint density at radius 3 is 2.43 bits per heavy atom. The molecule has 10 nitrogen and oxygen atoms in total. The van der Waals surface area contributed by atoms with Crippen molar-refractivity contribution in [2.45, 2.75) is 63.6 Å². The number of nitrogens with one attached hydrogen (secondary N) is 1. The van der Waals surface area contributed by atoms with E-state index in [1.54, 1.807) is 34.4 Å². The van der Waals surface area contributed by atoms with Crippen molar-refractivity contribution in [3.63, 3.8) is 0 Å². The van der Waals surface area contributed by atoms with Gasteiger partial charge in [-0.25, -0.2) is 9.97 Å². The number of aryl methyl sites for hydroxylation is 2. The molecule has 1 aromatic carbocycles. The van der Waals surface area contributed by atoms with E-state index in [1.165, 1.54) is 63.7 Å². The van der Waals surface area contributed by atoms with Gasteiger partial charge in [0.25, 0.3) is 11.1 Å². The van der Waals surface area contributed by atoms with Crippen LogP contribution in [0.25, 0.3) is 21.5 Å². The zero-order chi connectivity index (χ0) is 30.1. The summed E-state index contributed by atoms with van der Waals surface area (Å²) >= 11 is 2.94. The Hall–Kier alpha value is -3.82. The van der Waals surface area contributed by atoms with Crippen molar-refractivity contribution in [2.24, 2.45) is 0 Å². The van der Waals surface area contributed by atoms with Gasteiger partial charge in [0.15, 0.2) is 16.7 Å². The van der Waals surface area contributed by atoms with Gasteiger partial charge in [-0.3, -0.25) is 14.2 Å². The molecule has 0 saturated carbocycles. The van der Waals surface area contributed by atoms with Gasteiger partial charge in [-0.05, 0) is 37.5 Å². The summed E-state index contributed by atoms with van der Waals surface area (Å²) in [7, 11) is 4.48. The normalized spacial score (nSPS) is 11.0. The molecule has 4 aromatic rings. The lowest BCUT2D eigenvalue weighted by Gasteiger charge is -2.14. The van der Waals surface area contributed by atoms with Crippen molar-refractivity contribution in [1.82, 2.24) is 19.5 Å². The van der Waals surface area contributed by atoms with Gasteiger partial charge in [-0.1, -0.05) is 44.4 Å². The fourth-order valence-corrected chi connectivity index (χ4v) is 6.47. The highest BCUT2D eigenvalue weighted by molar-refractivity contribution is 7.99. The minimum Gasteiger partial charge on any atom is -0.493 e. The van der Waals surface area contributed by atoms with Gasteiger partial charge in [0.1, 0.15) is 16.5 Å². The van der Waals surface area contributed by atoms with Crippen LogP contribution in [0.3, 0.4) is 0 Å². The minimum absolute atomic E-state index is 0.0342. The molecule has 0 spiro atoms. The van der Waals surface area contributed by atoms with Crippen LogP contribution in [0.2, 0.25) is 0 Å². The molecule has 0 fully saturated rings. The first-order valence-corrected chi connectivity index (χ1v) is 15.7. The van der Waals surface area contributed by atoms with Crippen LogP contribution in [0, 0.1) is 11.3 Å². The van der Waals surface area contributed by atoms with E-state index in [-0.39, 0.29) is 16.8 Å². The third-order valence-electron chi connectivity index (χ3n) is 6.83. The number of nitrogens with zero attached hydrogens (tertiary/aromatic N) is 4.